The van der Waals surface area contributed by atoms with E-state index in [-0.39, 0.29) is 0 Å². The van der Waals surface area contributed by atoms with Crippen LogP contribution in [0.1, 0.15) is 0 Å². The SMILES string of the molecule is c1ccc(-c2nc(-c3ccccc3)nc(-c3cccc(-n4c5ccccc5c5ccc6c7ccccc7n(-c7nc(-c8ccc9sc%10ccccc%10c9c8)cc(-c8ccc9sc%10ccccc%10c9c8)n7)c6c54)c3)n2)cc1. The second-order valence-electron chi connectivity index (χ2n) is 19.2. The van der Waals surface area contributed by atoms with Crippen molar-refractivity contribution in [2.24, 2.45) is 0 Å². The summed E-state index contributed by atoms with van der Waals surface area (Å²) in [5.41, 5.74) is 11.6. The van der Waals surface area contributed by atoms with Crippen molar-refractivity contribution in [2.45, 2.75) is 0 Å². The standard InChI is InChI=1S/C67H39N7S2/c1-3-16-40(17-4-1)64-70-65(41-18-5-2-6-19-41)72-66(71-64)44-20-15-21-45(36-44)73-56-26-11-7-22-46(56)50-32-33-51-47-23-8-12-27-57(47)74(63(51)62(50)73)67-68-54(42-30-34-60-52(37-42)48-24-9-13-28-58(48)75-60)39-55(69-67)43-31-35-61-53(38-43)49-25-10-14-29-59(49)76-61/h1-39H. The summed E-state index contributed by atoms with van der Waals surface area (Å²) in [7, 11) is 0. The molecule has 0 atom stereocenters. The molecule has 0 saturated carbocycles. The van der Waals surface area contributed by atoms with Crippen LogP contribution < -0.4 is 0 Å². The summed E-state index contributed by atoms with van der Waals surface area (Å²) in [6.45, 7) is 0. The highest BCUT2D eigenvalue weighted by Crippen LogP contribution is 2.44. The van der Waals surface area contributed by atoms with Gasteiger partial charge >= 0.3 is 0 Å². The molecular weight excluding hydrogens is 967 g/mol. The van der Waals surface area contributed by atoms with Crippen LogP contribution in [-0.4, -0.2) is 34.1 Å². The lowest BCUT2D eigenvalue weighted by atomic mass is 10.0. The summed E-state index contributed by atoms with van der Waals surface area (Å²) in [6.07, 6.45) is 0. The molecule has 76 heavy (non-hydrogen) atoms. The molecule has 0 saturated heterocycles. The molecule has 6 heterocycles. The van der Waals surface area contributed by atoms with Crippen LogP contribution >= 0.6 is 22.7 Å². The molecule has 0 aliphatic carbocycles. The first-order valence-electron chi connectivity index (χ1n) is 25.3. The van der Waals surface area contributed by atoms with Gasteiger partial charge in [0, 0.05) is 95.4 Å². The molecule has 0 fully saturated rings. The van der Waals surface area contributed by atoms with Gasteiger partial charge in [-0.2, -0.15) is 0 Å². The van der Waals surface area contributed by atoms with E-state index in [4.69, 9.17) is 24.9 Å². The maximum absolute atomic E-state index is 5.65. The molecular formula is C67H39N7S2. The number of hydrogen-bond donors (Lipinski definition) is 0. The van der Waals surface area contributed by atoms with Crippen molar-refractivity contribution in [3.8, 4) is 68.3 Å². The molecule has 6 aromatic heterocycles. The normalized spacial score (nSPS) is 11.9. The van der Waals surface area contributed by atoms with E-state index in [1.807, 2.05) is 83.3 Å². The highest BCUT2D eigenvalue weighted by Gasteiger charge is 2.24. The predicted octanol–water partition coefficient (Wildman–Crippen LogP) is 17.9. The molecule has 0 radical (unpaired) electrons. The number of rotatable bonds is 7. The quantitative estimate of drug-likeness (QED) is 0.159. The summed E-state index contributed by atoms with van der Waals surface area (Å²) >= 11 is 3.65. The van der Waals surface area contributed by atoms with Gasteiger partial charge in [-0.15, -0.1) is 22.7 Å². The molecule has 0 aliphatic heterocycles. The molecule has 0 N–H and O–H groups in total. The fourth-order valence-electron chi connectivity index (χ4n) is 11.3. The van der Waals surface area contributed by atoms with Gasteiger partial charge in [0.1, 0.15) is 0 Å². The van der Waals surface area contributed by atoms with Crippen molar-refractivity contribution in [2.75, 3.05) is 0 Å². The lowest BCUT2D eigenvalue weighted by molar-refractivity contribution is 0.995. The Balaban J connectivity index is 0.965. The Bertz CT molecular complexity index is 4820. The van der Waals surface area contributed by atoms with Gasteiger partial charge in [0.25, 0.3) is 0 Å². The Morgan fingerprint density at radius 3 is 1.25 bits per heavy atom. The number of para-hydroxylation sites is 2. The highest BCUT2D eigenvalue weighted by atomic mass is 32.1. The number of benzene rings is 10. The van der Waals surface area contributed by atoms with Gasteiger partial charge in [0.05, 0.1) is 33.5 Å². The molecule has 0 unspecified atom stereocenters. The first-order chi connectivity index (χ1) is 37.6. The van der Waals surface area contributed by atoms with Crippen molar-refractivity contribution in [1.29, 1.82) is 0 Å². The third-order valence-corrected chi connectivity index (χ3v) is 17.1. The number of thiophene rings is 2. The first-order valence-corrected chi connectivity index (χ1v) is 26.9. The van der Waals surface area contributed by atoms with Crippen LogP contribution in [0.25, 0.3) is 152 Å². The van der Waals surface area contributed by atoms with Crippen molar-refractivity contribution >= 4 is 107 Å². The second kappa shape index (κ2) is 16.9. The fourth-order valence-corrected chi connectivity index (χ4v) is 13.5. The van der Waals surface area contributed by atoms with Crippen LogP contribution in [0.4, 0.5) is 0 Å². The minimum Gasteiger partial charge on any atom is -0.307 e. The summed E-state index contributed by atoms with van der Waals surface area (Å²) in [6, 6.07) is 83.9. The molecule has 354 valence electrons. The Hall–Kier alpha value is -9.67. The van der Waals surface area contributed by atoms with E-state index in [2.05, 4.69) is 185 Å². The van der Waals surface area contributed by atoms with Gasteiger partial charge in [-0.1, -0.05) is 170 Å². The van der Waals surface area contributed by atoms with Crippen molar-refractivity contribution in [3.05, 3.63) is 237 Å². The van der Waals surface area contributed by atoms with E-state index in [1.165, 1.54) is 40.3 Å². The zero-order valence-electron chi connectivity index (χ0n) is 40.5. The van der Waals surface area contributed by atoms with Gasteiger partial charge in [0.2, 0.25) is 5.95 Å². The van der Waals surface area contributed by atoms with E-state index in [9.17, 15) is 0 Å². The van der Waals surface area contributed by atoms with Crippen molar-refractivity contribution < 1.29 is 0 Å². The molecule has 9 heteroatoms. The molecule has 0 spiro atoms. The van der Waals surface area contributed by atoms with E-state index in [0.29, 0.717) is 23.4 Å². The zero-order valence-corrected chi connectivity index (χ0v) is 42.1. The molecule has 0 amide bonds. The molecule has 10 aromatic carbocycles. The maximum Gasteiger partial charge on any atom is 0.235 e. The minimum atomic E-state index is 0.592. The van der Waals surface area contributed by atoms with Gasteiger partial charge in [-0.05, 0) is 66.7 Å². The largest absolute Gasteiger partial charge is 0.307 e. The predicted molar refractivity (Wildman–Crippen MR) is 317 cm³/mol. The molecule has 0 bridgehead atoms. The number of hydrogen-bond acceptors (Lipinski definition) is 7. The molecule has 7 nitrogen and oxygen atoms in total. The summed E-state index contributed by atoms with van der Waals surface area (Å²) < 4.78 is 9.75. The van der Waals surface area contributed by atoms with Gasteiger partial charge in [-0.25, -0.2) is 24.9 Å². The number of aromatic nitrogens is 7. The van der Waals surface area contributed by atoms with Crippen LogP contribution in [0.3, 0.4) is 0 Å². The number of fused-ring (bicyclic) bond motifs is 13. The van der Waals surface area contributed by atoms with E-state index >= 15 is 0 Å². The average molecular weight is 1010 g/mol. The Kier molecular flexibility index (Phi) is 9.54. The van der Waals surface area contributed by atoms with Crippen LogP contribution in [0, 0.1) is 0 Å². The smallest absolute Gasteiger partial charge is 0.235 e. The molecule has 0 aliphatic rings. The van der Waals surface area contributed by atoms with Crippen LogP contribution in [-0.2, 0) is 0 Å². The van der Waals surface area contributed by atoms with E-state index in [1.54, 1.807) is 0 Å². The third-order valence-electron chi connectivity index (χ3n) is 14.8. The second-order valence-corrected chi connectivity index (χ2v) is 21.4. The van der Waals surface area contributed by atoms with E-state index < -0.39 is 0 Å². The summed E-state index contributed by atoms with van der Waals surface area (Å²) in [4.78, 5) is 26.6. The van der Waals surface area contributed by atoms with Crippen LogP contribution in [0.15, 0.2) is 237 Å². The Morgan fingerprint density at radius 2 is 0.697 bits per heavy atom. The lowest BCUT2D eigenvalue weighted by Gasteiger charge is -2.14. The van der Waals surface area contributed by atoms with Crippen molar-refractivity contribution in [3.63, 3.8) is 0 Å². The topological polar surface area (TPSA) is 74.3 Å². The third kappa shape index (κ3) is 6.76. The summed E-state index contributed by atoms with van der Waals surface area (Å²) in [5.74, 6) is 2.42. The van der Waals surface area contributed by atoms with Gasteiger partial charge < -0.3 is 4.57 Å². The monoisotopic (exact) mass is 1010 g/mol. The zero-order chi connectivity index (χ0) is 49.8. The van der Waals surface area contributed by atoms with Crippen LogP contribution in [0.5, 0.6) is 0 Å². The van der Waals surface area contributed by atoms with Crippen molar-refractivity contribution in [1.82, 2.24) is 34.1 Å². The molecule has 16 aromatic rings. The van der Waals surface area contributed by atoms with Gasteiger partial charge in [0.15, 0.2) is 17.5 Å². The van der Waals surface area contributed by atoms with Crippen LogP contribution in [0.2, 0.25) is 0 Å². The fraction of sp³-hybridized carbons (Fsp3) is 0. The Labute approximate surface area is 443 Å². The average Bonchev–Trinajstić information content (AvgIpc) is 4.34. The summed E-state index contributed by atoms with van der Waals surface area (Å²) in [5, 5.41) is 9.43. The minimum absolute atomic E-state index is 0.592. The first kappa shape index (κ1) is 42.8. The number of nitrogens with zero attached hydrogens (tertiary/aromatic N) is 7. The highest BCUT2D eigenvalue weighted by molar-refractivity contribution is 7.26. The van der Waals surface area contributed by atoms with Gasteiger partial charge in [-0.3, -0.25) is 4.57 Å². The Morgan fingerprint density at radius 1 is 0.263 bits per heavy atom. The lowest BCUT2D eigenvalue weighted by Crippen LogP contribution is -2.05. The molecule has 16 rings (SSSR count). The maximum atomic E-state index is 5.65. The van der Waals surface area contributed by atoms with E-state index in [0.717, 1.165) is 88.5 Å².